The standard InChI is InChI=1S/C28H27N3O5S/c1-6-36-27(33)24-16(2)29-28-31(25(24)17-11-12-21(34-4)22(13-17)35-5)26(32)23(37-28)14-18-15-30(3)20-10-8-7-9-19(18)20/h7-15,25H,6H2,1-5H3/b23-14+/t25-/m1/s1. The predicted octanol–water partition coefficient (Wildman–Crippen LogP) is 3.31. The molecular weight excluding hydrogens is 490 g/mol. The molecule has 0 saturated heterocycles. The minimum Gasteiger partial charge on any atom is -0.493 e. The van der Waals surface area contributed by atoms with E-state index in [4.69, 9.17) is 14.2 Å². The molecule has 5 rings (SSSR count). The molecule has 4 aromatic rings. The number of fused-ring (bicyclic) bond motifs is 2. The van der Waals surface area contributed by atoms with Crippen molar-refractivity contribution in [2.45, 2.75) is 19.9 Å². The average Bonchev–Trinajstić information content (AvgIpc) is 3.38. The normalized spacial score (nSPS) is 15.5. The number of para-hydroxylation sites is 1. The number of aryl methyl sites for hydroxylation is 1. The highest BCUT2D eigenvalue weighted by Gasteiger charge is 2.34. The summed E-state index contributed by atoms with van der Waals surface area (Å²) >= 11 is 1.30. The van der Waals surface area contributed by atoms with Crippen LogP contribution < -0.4 is 24.4 Å². The van der Waals surface area contributed by atoms with Gasteiger partial charge in [0.15, 0.2) is 16.3 Å². The van der Waals surface area contributed by atoms with Crippen molar-refractivity contribution in [1.82, 2.24) is 9.13 Å². The van der Waals surface area contributed by atoms with E-state index in [-0.39, 0.29) is 12.2 Å². The monoisotopic (exact) mass is 517 g/mol. The number of nitrogens with zero attached hydrogens (tertiary/aromatic N) is 3. The maximum Gasteiger partial charge on any atom is 0.338 e. The van der Waals surface area contributed by atoms with Gasteiger partial charge in [-0.05, 0) is 43.7 Å². The molecule has 1 atom stereocenters. The summed E-state index contributed by atoms with van der Waals surface area (Å²) in [6.45, 7) is 3.72. The van der Waals surface area contributed by atoms with E-state index in [0.29, 0.717) is 37.7 Å². The molecule has 2 aromatic heterocycles. The Balaban J connectivity index is 1.76. The second-order valence-corrected chi connectivity index (χ2v) is 9.64. The molecule has 37 heavy (non-hydrogen) atoms. The second kappa shape index (κ2) is 9.74. The van der Waals surface area contributed by atoms with Gasteiger partial charge in [0.1, 0.15) is 0 Å². The van der Waals surface area contributed by atoms with Gasteiger partial charge in [0.05, 0.1) is 42.7 Å². The van der Waals surface area contributed by atoms with Crippen molar-refractivity contribution in [3.05, 3.63) is 90.7 Å². The van der Waals surface area contributed by atoms with Gasteiger partial charge >= 0.3 is 5.97 Å². The van der Waals surface area contributed by atoms with Crippen LogP contribution in [-0.2, 0) is 16.6 Å². The largest absolute Gasteiger partial charge is 0.493 e. The molecule has 1 aliphatic rings. The zero-order valence-corrected chi connectivity index (χ0v) is 22.1. The van der Waals surface area contributed by atoms with Crippen LogP contribution in [0.1, 0.15) is 31.0 Å². The fraction of sp³-hybridized carbons (Fsp3) is 0.250. The van der Waals surface area contributed by atoms with Crippen molar-refractivity contribution in [2.75, 3.05) is 20.8 Å². The predicted molar refractivity (Wildman–Crippen MR) is 143 cm³/mol. The van der Waals surface area contributed by atoms with Crippen LogP contribution >= 0.6 is 11.3 Å². The van der Waals surface area contributed by atoms with E-state index in [0.717, 1.165) is 16.5 Å². The molecule has 8 nitrogen and oxygen atoms in total. The number of carbonyl (C=O) groups is 1. The molecule has 0 radical (unpaired) electrons. The number of thiazole rings is 1. The molecule has 1 aliphatic heterocycles. The van der Waals surface area contributed by atoms with Crippen LogP contribution in [0.4, 0.5) is 0 Å². The van der Waals surface area contributed by atoms with Crippen molar-refractivity contribution >= 4 is 34.3 Å². The molecule has 0 saturated carbocycles. The zero-order chi connectivity index (χ0) is 26.3. The maximum absolute atomic E-state index is 13.9. The Labute approximate surface area is 217 Å². The van der Waals surface area contributed by atoms with Crippen molar-refractivity contribution < 1.29 is 19.0 Å². The lowest BCUT2D eigenvalue weighted by atomic mass is 9.95. The number of allylic oxidation sites excluding steroid dienone is 1. The molecule has 2 aromatic carbocycles. The van der Waals surface area contributed by atoms with Gasteiger partial charge < -0.3 is 18.8 Å². The van der Waals surface area contributed by atoms with Gasteiger partial charge in [-0.2, -0.15) is 0 Å². The van der Waals surface area contributed by atoms with Crippen LogP contribution in [0.5, 0.6) is 11.5 Å². The van der Waals surface area contributed by atoms with E-state index < -0.39 is 12.0 Å². The number of rotatable bonds is 6. The molecular formula is C28H27N3O5S. The van der Waals surface area contributed by atoms with Gasteiger partial charge in [0.2, 0.25) is 0 Å². The minimum absolute atomic E-state index is 0.208. The summed E-state index contributed by atoms with van der Waals surface area (Å²) < 4.78 is 20.4. The van der Waals surface area contributed by atoms with Crippen molar-refractivity contribution in [3.8, 4) is 11.5 Å². The quantitative estimate of drug-likeness (QED) is 0.367. The first kappa shape index (κ1) is 24.6. The summed E-state index contributed by atoms with van der Waals surface area (Å²) in [6, 6.07) is 12.7. The summed E-state index contributed by atoms with van der Waals surface area (Å²) in [5, 5.41) is 1.05. The number of carbonyl (C=O) groups excluding carboxylic acids is 1. The van der Waals surface area contributed by atoms with E-state index in [1.807, 2.05) is 54.2 Å². The van der Waals surface area contributed by atoms with Crippen LogP contribution in [0.3, 0.4) is 0 Å². The average molecular weight is 518 g/mol. The zero-order valence-electron chi connectivity index (χ0n) is 21.3. The van der Waals surface area contributed by atoms with Gasteiger partial charge in [-0.1, -0.05) is 35.6 Å². The number of aromatic nitrogens is 2. The topological polar surface area (TPSA) is 84.1 Å². The first-order valence-electron chi connectivity index (χ1n) is 11.8. The van der Waals surface area contributed by atoms with E-state index in [1.54, 1.807) is 44.8 Å². The Bertz CT molecular complexity index is 1740. The van der Waals surface area contributed by atoms with Crippen molar-refractivity contribution in [2.24, 2.45) is 12.0 Å². The highest BCUT2D eigenvalue weighted by molar-refractivity contribution is 7.07. The molecule has 0 N–H and O–H groups in total. The van der Waals surface area contributed by atoms with Gasteiger partial charge in [-0.3, -0.25) is 9.36 Å². The number of benzene rings is 2. The number of hydrogen-bond acceptors (Lipinski definition) is 7. The highest BCUT2D eigenvalue weighted by atomic mass is 32.1. The highest BCUT2D eigenvalue weighted by Crippen LogP contribution is 2.36. The second-order valence-electron chi connectivity index (χ2n) is 8.63. The Morgan fingerprint density at radius 1 is 1.14 bits per heavy atom. The number of ether oxygens (including phenoxy) is 3. The number of esters is 1. The van der Waals surface area contributed by atoms with Crippen molar-refractivity contribution in [3.63, 3.8) is 0 Å². The lowest BCUT2D eigenvalue weighted by molar-refractivity contribution is -0.139. The summed E-state index contributed by atoms with van der Waals surface area (Å²) in [4.78, 5) is 32.2. The van der Waals surface area contributed by atoms with E-state index >= 15 is 0 Å². The molecule has 0 unspecified atom stereocenters. The lowest BCUT2D eigenvalue weighted by Crippen LogP contribution is -2.39. The third kappa shape index (κ3) is 4.15. The minimum atomic E-state index is -0.732. The smallest absolute Gasteiger partial charge is 0.338 e. The Morgan fingerprint density at radius 2 is 1.89 bits per heavy atom. The van der Waals surface area contributed by atoms with E-state index in [9.17, 15) is 9.59 Å². The SMILES string of the molecule is CCOC(=O)C1=C(C)N=c2s/c(=C/c3cn(C)c4ccccc34)c(=O)n2[C@@H]1c1ccc(OC)c(OC)c1. The molecule has 3 heterocycles. The molecule has 0 fully saturated rings. The van der Waals surface area contributed by atoms with Crippen LogP contribution in [0.2, 0.25) is 0 Å². The lowest BCUT2D eigenvalue weighted by Gasteiger charge is -2.25. The first-order chi connectivity index (χ1) is 17.9. The third-order valence-electron chi connectivity index (χ3n) is 6.45. The van der Waals surface area contributed by atoms with Crippen LogP contribution in [0.15, 0.2) is 69.7 Å². The molecule has 0 spiro atoms. The molecule has 0 amide bonds. The van der Waals surface area contributed by atoms with Crippen LogP contribution in [0, 0.1) is 0 Å². The first-order valence-corrected chi connectivity index (χ1v) is 12.6. The van der Waals surface area contributed by atoms with Gasteiger partial charge in [0, 0.05) is 29.7 Å². The van der Waals surface area contributed by atoms with Gasteiger partial charge in [-0.15, -0.1) is 0 Å². The van der Waals surface area contributed by atoms with E-state index in [2.05, 4.69) is 4.99 Å². The fourth-order valence-corrected chi connectivity index (χ4v) is 5.80. The summed E-state index contributed by atoms with van der Waals surface area (Å²) in [7, 11) is 5.08. The molecule has 190 valence electrons. The van der Waals surface area contributed by atoms with Gasteiger partial charge in [-0.25, -0.2) is 9.79 Å². The Hall–Kier alpha value is -4.11. The third-order valence-corrected chi connectivity index (χ3v) is 7.44. The molecule has 9 heteroatoms. The molecule has 0 bridgehead atoms. The summed E-state index contributed by atoms with van der Waals surface area (Å²) in [5.74, 6) is 0.538. The van der Waals surface area contributed by atoms with E-state index in [1.165, 1.54) is 11.3 Å². The van der Waals surface area contributed by atoms with Crippen LogP contribution in [0.25, 0.3) is 17.0 Å². The maximum atomic E-state index is 13.9. The summed E-state index contributed by atoms with van der Waals surface area (Å²) in [5.41, 5.74) is 3.30. The Kier molecular flexibility index (Phi) is 6.47. The summed E-state index contributed by atoms with van der Waals surface area (Å²) in [6.07, 6.45) is 3.89. The van der Waals surface area contributed by atoms with Crippen LogP contribution in [-0.4, -0.2) is 35.9 Å². The number of methoxy groups -OCH3 is 2. The van der Waals surface area contributed by atoms with Crippen molar-refractivity contribution in [1.29, 1.82) is 0 Å². The Morgan fingerprint density at radius 3 is 2.62 bits per heavy atom. The fourth-order valence-electron chi connectivity index (χ4n) is 4.76. The molecule has 0 aliphatic carbocycles. The number of hydrogen-bond donors (Lipinski definition) is 0. The van der Waals surface area contributed by atoms with Gasteiger partial charge in [0.25, 0.3) is 5.56 Å².